The minimum absolute atomic E-state index is 0.211. The normalized spacial score (nSPS) is 14.2. The lowest BCUT2D eigenvalue weighted by atomic mass is 9.92. The van der Waals surface area contributed by atoms with E-state index in [0.717, 1.165) is 5.56 Å². The summed E-state index contributed by atoms with van der Waals surface area (Å²) in [6.07, 6.45) is 0. The third-order valence-electron chi connectivity index (χ3n) is 2.95. The first-order valence-corrected chi connectivity index (χ1v) is 7.65. The summed E-state index contributed by atoms with van der Waals surface area (Å²) >= 11 is 1.75. The van der Waals surface area contributed by atoms with Crippen molar-refractivity contribution in [1.82, 2.24) is 5.32 Å². The van der Waals surface area contributed by atoms with E-state index in [0.29, 0.717) is 17.6 Å². The molecule has 1 aromatic carbocycles. The molecule has 0 fully saturated rings. The molecule has 0 amide bonds. The third-order valence-corrected chi connectivity index (χ3v) is 4.22. The second-order valence-corrected chi connectivity index (χ2v) is 6.17. The zero-order valence-corrected chi connectivity index (χ0v) is 12.9. The predicted molar refractivity (Wildman–Crippen MR) is 81.4 cm³/mol. The maximum absolute atomic E-state index is 12.4. The highest BCUT2D eigenvalue weighted by molar-refractivity contribution is 7.99. The van der Waals surface area contributed by atoms with E-state index in [2.05, 4.69) is 19.2 Å². The molecule has 0 radical (unpaired) electrons. The molecule has 1 atom stereocenters. The van der Waals surface area contributed by atoms with Crippen LogP contribution in [0.25, 0.3) is 0 Å². The molecular formula is C15H23NO2S. The number of benzene rings is 1. The zero-order chi connectivity index (χ0) is 14.3. The monoisotopic (exact) mass is 281 g/mol. The number of esters is 1. The van der Waals surface area contributed by atoms with E-state index in [9.17, 15) is 4.79 Å². The minimum atomic E-state index is -0.772. The van der Waals surface area contributed by atoms with Gasteiger partial charge in [0, 0.05) is 5.75 Å². The number of carbonyl (C=O) groups is 1. The molecule has 0 aromatic heterocycles. The number of carbonyl (C=O) groups excluding carboxylic acids is 1. The van der Waals surface area contributed by atoms with Crippen molar-refractivity contribution >= 4 is 17.7 Å². The van der Waals surface area contributed by atoms with Crippen LogP contribution in [0, 0.1) is 0 Å². The van der Waals surface area contributed by atoms with Gasteiger partial charge in [-0.15, -0.1) is 0 Å². The topological polar surface area (TPSA) is 38.3 Å². The molecule has 0 aliphatic carbocycles. The smallest absolute Gasteiger partial charge is 0.331 e. The second-order valence-electron chi connectivity index (χ2n) is 4.60. The number of hydrogen-bond donors (Lipinski definition) is 1. The Hall–Kier alpha value is -1.00. The second kappa shape index (κ2) is 7.56. The fourth-order valence-electron chi connectivity index (χ4n) is 1.85. The Balaban J connectivity index is 3.09. The van der Waals surface area contributed by atoms with Crippen LogP contribution in [0.2, 0.25) is 0 Å². The van der Waals surface area contributed by atoms with Gasteiger partial charge in [0.15, 0.2) is 5.54 Å². The molecule has 0 saturated heterocycles. The van der Waals surface area contributed by atoms with E-state index < -0.39 is 5.54 Å². The van der Waals surface area contributed by atoms with Crippen LogP contribution < -0.4 is 5.32 Å². The molecule has 0 aliphatic rings. The molecule has 0 saturated carbocycles. The van der Waals surface area contributed by atoms with Crippen LogP contribution >= 0.6 is 11.8 Å². The van der Waals surface area contributed by atoms with E-state index in [-0.39, 0.29) is 5.97 Å². The van der Waals surface area contributed by atoms with Gasteiger partial charge in [-0.2, -0.15) is 11.8 Å². The summed E-state index contributed by atoms with van der Waals surface area (Å²) < 4.78 is 5.27. The van der Waals surface area contributed by atoms with Gasteiger partial charge in [-0.05, 0) is 24.8 Å². The summed E-state index contributed by atoms with van der Waals surface area (Å²) in [4.78, 5) is 12.4. The first kappa shape index (κ1) is 16.1. The van der Waals surface area contributed by atoms with Gasteiger partial charge < -0.3 is 10.1 Å². The van der Waals surface area contributed by atoms with Gasteiger partial charge in [-0.3, -0.25) is 0 Å². The van der Waals surface area contributed by atoms with Crippen molar-refractivity contribution in [3.05, 3.63) is 35.9 Å². The molecule has 1 unspecified atom stereocenters. The van der Waals surface area contributed by atoms with Crippen molar-refractivity contribution in [3.8, 4) is 0 Å². The first-order valence-electron chi connectivity index (χ1n) is 6.60. The lowest BCUT2D eigenvalue weighted by Crippen LogP contribution is -2.51. The number of thioether (sulfide) groups is 1. The molecule has 1 rings (SSSR count). The van der Waals surface area contributed by atoms with Crippen LogP contribution in [-0.4, -0.2) is 30.6 Å². The van der Waals surface area contributed by atoms with E-state index in [4.69, 9.17) is 4.74 Å². The quantitative estimate of drug-likeness (QED) is 0.780. The van der Waals surface area contributed by atoms with Crippen molar-refractivity contribution in [1.29, 1.82) is 0 Å². The molecule has 0 aliphatic heterocycles. The highest BCUT2D eigenvalue weighted by atomic mass is 32.2. The maximum atomic E-state index is 12.4. The molecule has 3 nitrogen and oxygen atoms in total. The lowest BCUT2D eigenvalue weighted by Gasteiger charge is -2.32. The van der Waals surface area contributed by atoms with Gasteiger partial charge in [0.2, 0.25) is 0 Å². The van der Waals surface area contributed by atoms with Gasteiger partial charge in [0.1, 0.15) is 0 Å². The van der Waals surface area contributed by atoms with Gasteiger partial charge in [0.25, 0.3) is 0 Å². The standard InChI is InChI=1S/C15H23NO2S/c1-5-18-14(17)15(16-4,11-19-12(2)3)13-9-7-6-8-10-13/h6-10,12,16H,5,11H2,1-4H3. The number of likely N-dealkylation sites (N-methyl/N-ethyl adjacent to an activating group) is 1. The number of hydrogen-bond acceptors (Lipinski definition) is 4. The average molecular weight is 281 g/mol. The van der Waals surface area contributed by atoms with E-state index in [1.807, 2.05) is 44.3 Å². The summed E-state index contributed by atoms with van der Waals surface area (Å²) in [5.74, 6) is 0.446. The Morgan fingerprint density at radius 1 is 1.37 bits per heavy atom. The summed E-state index contributed by atoms with van der Waals surface area (Å²) in [6, 6.07) is 9.77. The van der Waals surface area contributed by atoms with Crippen molar-refractivity contribution in [3.63, 3.8) is 0 Å². The SMILES string of the molecule is CCOC(=O)C(CSC(C)C)(NC)c1ccccc1. The molecule has 1 N–H and O–H groups in total. The fraction of sp³-hybridized carbons (Fsp3) is 0.533. The van der Waals surface area contributed by atoms with Crippen LogP contribution in [0.1, 0.15) is 26.3 Å². The van der Waals surface area contributed by atoms with E-state index in [1.165, 1.54) is 0 Å². The fourth-order valence-corrected chi connectivity index (χ4v) is 2.86. The molecule has 19 heavy (non-hydrogen) atoms. The number of ether oxygens (including phenoxy) is 1. The largest absolute Gasteiger partial charge is 0.464 e. The summed E-state index contributed by atoms with van der Waals surface area (Å²) in [6.45, 7) is 6.48. The summed E-state index contributed by atoms with van der Waals surface area (Å²) in [5, 5.41) is 3.64. The molecular weight excluding hydrogens is 258 g/mol. The lowest BCUT2D eigenvalue weighted by molar-refractivity contribution is -0.150. The Morgan fingerprint density at radius 2 is 2.00 bits per heavy atom. The third kappa shape index (κ3) is 3.98. The Kier molecular flexibility index (Phi) is 6.38. The predicted octanol–water partition coefficient (Wildman–Crippen LogP) is 2.81. The van der Waals surface area contributed by atoms with Gasteiger partial charge >= 0.3 is 5.97 Å². The van der Waals surface area contributed by atoms with Crippen LogP contribution in [-0.2, 0) is 15.1 Å². The van der Waals surface area contributed by atoms with E-state index >= 15 is 0 Å². The Morgan fingerprint density at radius 3 is 2.47 bits per heavy atom. The van der Waals surface area contributed by atoms with Crippen molar-refractivity contribution in [2.45, 2.75) is 31.6 Å². The van der Waals surface area contributed by atoms with Gasteiger partial charge in [0.05, 0.1) is 6.61 Å². The van der Waals surface area contributed by atoms with Crippen molar-refractivity contribution < 1.29 is 9.53 Å². The Labute approximate surface area is 120 Å². The molecule has 106 valence electrons. The van der Waals surface area contributed by atoms with E-state index in [1.54, 1.807) is 11.8 Å². The zero-order valence-electron chi connectivity index (χ0n) is 12.1. The number of rotatable bonds is 7. The maximum Gasteiger partial charge on any atom is 0.331 e. The minimum Gasteiger partial charge on any atom is -0.464 e. The van der Waals surface area contributed by atoms with Crippen LogP contribution in [0.4, 0.5) is 0 Å². The Bertz CT molecular complexity index is 394. The number of nitrogens with one attached hydrogen (secondary N) is 1. The summed E-state index contributed by atoms with van der Waals surface area (Å²) in [5.41, 5.74) is 0.177. The highest BCUT2D eigenvalue weighted by Gasteiger charge is 2.40. The van der Waals surface area contributed by atoms with Crippen LogP contribution in [0.5, 0.6) is 0 Å². The first-order chi connectivity index (χ1) is 9.06. The highest BCUT2D eigenvalue weighted by Crippen LogP contribution is 2.29. The van der Waals surface area contributed by atoms with Gasteiger partial charge in [-0.25, -0.2) is 4.79 Å². The molecule has 0 spiro atoms. The summed E-state index contributed by atoms with van der Waals surface area (Å²) in [7, 11) is 1.81. The average Bonchev–Trinajstić information content (AvgIpc) is 2.41. The van der Waals surface area contributed by atoms with Crippen molar-refractivity contribution in [2.24, 2.45) is 0 Å². The molecule has 1 aromatic rings. The molecule has 4 heteroatoms. The van der Waals surface area contributed by atoms with Crippen LogP contribution in [0.15, 0.2) is 30.3 Å². The van der Waals surface area contributed by atoms with Crippen molar-refractivity contribution in [2.75, 3.05) is 19.4 Å². The molecule has 0 bridgehead atoms. The van der Waals surface area contributed by atoms with Gasteiger partial charge in [-0.1, -0.05) is 44.2 Å². The molecule has 0 heterocycles. The van der Waals surface area contributed by atoms with Crippen LogP contribution in [0.3, 0.4) is 0 Å².